The number of halogens is 1. The average molecular weight is 364 g/mol. The van der Waals surface area contributed by atoms with E-state index >= 15 is 0 Å². The fourth-order valence-electron chi connectivity index (χ4n) is 2.06. The first-order chi connectivity index (χ1) is 11.5. The number of hydrogen-bond acceptors (Lipinski definition) is 4. The van der Waals surface area contributed by atoms with Crippen LogP contribution in [0.5, 0.6) is 0 Å². The zero-order valence-electron chi connectivity index (χ0n) is 13.4. The Balaban J connectivity index is 1.83. The van der Waals surface area contributed by atoms with Gasteiger partial charge in [0.25, 0.3) is 5.91 Å². The van der Waals surface area contributed by atoms with Gasteiger partial charge in [-0.15, -0.1) is 11.8 Å². The van der Waals surface area contributed by atoms with Crippen molar-refractivity contribution in [2.45, 2.75) is 17.9 Å². The van der Waals surface area contributed by atoms with Crippen LogP contribution in [0.25, 0.3) is 0 Å². The molecule has 4 nitrogen and oxygen atoms in total. The Labute approximate surface area is 150 Å². The summed E-state index contributed by atoms with van der Waals surface area (Å²) in [5, 5.41) is 3.42. The maximum atomic E-state index is 11.9. The third kappa shape index (κ3) is 5.28. The summed E-state index contributed by atoms with van der Waals surface area (Å²) in [5.41, 5.74) is 1.35. The van der Waals surface area contributed by atoms with Crippen molar-refractivity contribution in [3.63, 3.8) is 0 Å². The molecule has 0 aliphatic carbocycles. The van der Waals surface area contributed by atoms with Crippen LogP contribution in [0.15, 0.2) is 53.4 Å². The van der Waals surface area contributed by atoms with E-state index in [0.29, 0.717) is 10.6 Å². The molecule has 0 aromatic heterocycles. The molecule has 0 aliphatic heterocycles. The van der Waals surface area contributed by atoms with Crippen LogP contribution in [0.1, 0.15) is 28.9 Å². The highest BCUT2D eigenvalue weighted by atomic mass is 35.5. The van der Waals surface area contributed by atoms with E-state index in [1.165, 1.54) is 0 Å². The van der Waals surface area contributed by atoms with E-state index in [1.807, 2.05) is 37.4 Å². The second-order valence-corrected chi connectivity index (χ2v) is 6.46. The van der Waals surface area contributed by atoms with Crippen LogP contribution >= 0.6 is 23.4 Å². The molecule has 6 heteroatoms. The molecule has 24 heavy (non-hydrogen) atoms. The first-order valence-corrected chi connectivity index (χ1v) is 8.96. The first kappa shape index (κ1) is 18.4. The number of ether oxygens (including phenoxy) is 1. The molecule has 2 rings (SSSR count). The maximum Gasteiger partial charge on any atom is 0.338 e. The number of amides is 1. The molecule has 0 radical (unpaired) electrons. The van der Waals surface area contributed by atoms with E-state index in [9.17, 15) is 9.59 Å². The molecule has 0 fully saturated rings. The molecular weight excluding hydrogens is 346 g/mol. The van der Waals surface area contributed by atoms with E-state index in [1.54, 1.807) is 36.0 Å². The van der Waals surface area contributed by atoms with Crippen molar-refractivity contribution >= 4 is 35.2 Å². The van der Waals surface area contributed by atoms with E-state index in [4.69, 9.17) is 16.3 Å². The summed E-state index contributed by atoms with van der Waals surface area (Å²) in [6.45, 7) is 1.53. The van der Waals surface area contributed by atoms with E-state index in [-0.39, 0.29) is 18.6 Å². The van der Waals surface area contributed by atoms with Gasteiger partial charge in [-0.05, 0) is 55.1 Å². The van der Waals surface area contributed by atoms with Crippen molar-refractivity contribution < 1.29 is 14.3 Å². The van der Waals surface area contributed by atoms with Crippen molar-refractivity contribution in [3.05, 3.63) is 64.7 Å². The van der Waals surface area contributed by atoms with Gasteiger partial charge in [0, 0.05) is 9.92 Å². The molecule has 0 bridgehead atoms. The summed E-state index contributed by atoms with van der Waals surface area (Å²) in [6, 6.07) is 14.0. The topological polar surface area (TPSA) is 55.4 Å². The average Bonchev–Trinajstić information content (AvgIpc) is 2.60. The van der Waals surface area contributed by atoms with E-state index in [0.717, 1.165) is 10.5 Å². The summed E-state index contributed by atoms with van der Waals surface area (Å²) in [6.07, 6.45) is 1.96. The zero-order chi connectivity index (χ0) is 17.5. The van der Waals surface area contributed by atoms with Crippen LogP contribution in [-0.2, 0) is 9.53 Å². The van der Waals surface area contributed by atoms with Crippen molar-refractivity contribution in [3.8, 4) is 0 Å². The van der Waals surface area contributed by atoms with Gasteiger partial charge < -0.3 is 10.1 Å². The van der Waals surface area contributed by atoms with Crippen LogP contribution in [0.2, 0.25) is 5.02 Å². The van der Waals surface area contributed by atoms with Gasteiger partial charge in [-0.3, -0.25) is 4.79 Å². The molecule has 2 aromatic rings. The van der Waals surface area contributed by atoms with Gasteiger partial charge in [0.15, 0.2) is 6.61 Å². The number of esters is 1. The molecule has 0 unspecified atom stereocenters. The lowest BCUT2D eigenvalue weighted by Crippen LogP contribution is -2.31. The lowest BCUT2D eigenvalue weighted by Gasteiger charge is -2.14. The summed E-state index contributed by atoms with van der Waals surface area (Å²) >= 11 is 7.43. The van der Waals surface area contributed by atoms with Crippen LogP contribution in [0, 0.1) is 0 Å². The van der Waals surface area contributed by atoms with Crippen LogP contribution in [-0.4, -0.2) is 24.7 Å². The van der Waals surface area contributed by atoms with Crippen LogP contribution < -0.4 is 5.32 Å². The number of nitrogens with one attached hydrogen (secondary N) is 1. The highest BCUT2D eigenvalue weighted by Gasteiger charge is 2.13. The van der Waals surface area contributed by atoms with Gasteiger partial charge in [-0.2, -0.15) is 0 Å². The van der Waals surface area contributed by atoms with Crippen molar-refractivity contribution in [2.24, 2.45) is 0 Å². The summed E-state index contributed by atoms with van der Waals surface area (Å²) in [4.78, 5) is 24.9. The minimum atomic E-state index is -0.517. The molecule has 0 aliphatic rings. The van der Waals surface area contributed by atoms with Crippen molar-refractivity contribution in [2.75, 3.05) is 12.9 Å². The number of hydrogen-bond donors (Lipinski definition) is 1. The van der Waals surface area contributed by atoms with Gasteiger partial charge in [-0.1, -0.05) is 23.7 Å². The molecule has 1 amide bonds. The zero-order valence-corrected chi connectivity index (χ0v) is 15.0. The Hall–Kier alpha value is -1.98. The van der Waals surface area contributed by atoms with Crippen molar-refractivity contribution in [1.82, 2.24) is 5.32 Å². The number of carbonyl (C=O) groups is 2. The number of carbonyl (C=O) groups excluding carboxylic acids is 2. The largest absolute Gasteiger partial charge is 0.452 e. The second kappa shape index (κ2) is 8.76. The Morgan fingerprint density at radius 3 is 2.33 bits per heavy atom. The van der Waals surface area contributed by atoms with Gasteiger partial charge >= 0.3 is 5.97 Å². The molecule has 1 N–H and O–H groups in total. The fourth-order valence-corrected chi connectivity index (χ4v) is 2.59. The number of rotatable bonds is 6. The highest BCUT2D eigenvalue weighted by Crippen LogP contribution is 2.16. The fraction of sp³-hybridized carbons (Fsp3) is 0.222. The quantitative estimate of drug-likeness (QED) is 0.620. The minimum absolute atomic E-state index is 0.200. The predicted molar refractivity (Wildman–Crippen MR) is 96.5 cm³/mol. The smallest absolute Gasteiger partial charge is 0.338 e. The molecule has 0 spiro atoms. The van der Waals surface area contributed by atoms with Crippen LogP contribution in [0.3, 0.4) is 0 Å². The van der Waals surface area contributed by atoms with Gasteiger partial charge in [-0.25, -0.2) is 4.79 Å². The lowest BCUT2D eigenvalue weighted by atomic mass is 10.1. The van der Waals surface area contributed by atoms with Crippen molar-refractivity contribution in [1.29, 1.82) is 0 Å². The summed E-state index contributed by atoms with van der Waals surface area (Å²) < 4.78 is 5.04. The lowest BCUT2D eigenvalue weighted by molar-refractivity contribution is -0.124. The SMILES string of the molecule is CSc1ccc(C(=O)OCC(=O)N[C@@H](C)c2ccc(Cl)cc2)cc1. The van der Waals surface area contributed by atoms with Gasteiger partial charge in [0.1, 0.15) is 0 Å². The third-order valence-electron chi connectivity index (χ3n) is 3.41. The number of benzene rings is 2. The molecule has 126 valence electrons. The van der Waals surface area contributed by atoms with Gasteiger partial charge in [0.2, 0.25) is 0 Å². The van der Waals surface area contributed by atoms with E-state index in [2.05, 4.69) is 5.32 Å². The molecule has 0 saturated heterocycles. The monoisotopic (exact) mass is 363 g/mol. The molecular formula is C18H18ClNO3S. The van der Waals surface area contributed by atoms with Gasteiger partial charge in [0.05, 0.1) is 11.6 Å². The Bertz CT molecular complexity index is 701. The second-order valence-electron chi connectivity index (χ2n) is 5.15. The molecule has 0 heterocycles. The Morgan fingerprint density at radius 1 is 1.12 bits per heavy atom. The standard InChI is InChI=1S/C18H18ClNO3S/c1-12(13-3-7-15(19)8-4-13)20-17(21)11-23-18(22)14-5-9-16(24-2)10-6-14/h3-10,12H,11H2,1-2H3,(H,20,21)/t12-/m0/s1. The molecule has 0 saturated carbocycles. The first-order valence-electron chi connectivity index (χ1n) is 7.35. The third-order valence-corrected chi connectivity index (χ3v) is 4.40. The minimum Gasteiger partial charge on any atom is -0.452 e. The Kier molecular flexibility index (Phi) is 6.70. The summed E-state index contributed by atoms with van der Waals surface area (Å²) in [7, 11) is 0. The number of thioether (sulfide) groups is 1. The Morgan fingerprint density at radius 2 is 1.75 bits per heavy atom. The molecule has 1 atom stereocenters. The normalized spacial score (nSPS) is 11.6. The summed E-state index contributed by atoms with van der Waals surface area (Å²) in [5.74, 6) is -0.872. The maximum absolute atomic E-state index is 11.9. The highest BCUT2D eigenvalue weighted by molar-refractivity contribution is 7.98. The van der Waals surface area contributed by atoms with Crippen LogP contribution in [0.4, 0.5) is 0 Å². The van der Waals surface area contributed by atoms with E-state index < -0.39 is 5.97 Å². The predicted octanol–water partition coefficient (Wildman–Crippen LogP) is 4.10. The molecule has 2 aromatic carbocycles.